The van der Waals surface area contributed by atoms with Gasteiger partial charge >= 0.3 is 0 Å². The Bertz CT molecular complexity index is 608. The van der Waals surface area contributed by atoms with E-state index in [-0.39, 0.29) is 5.41 Å². The van der Waals surface area contributed by atoms with Crippen LogP contribution in [0.4, 0.5) is 11.8 Å². The van der Waals surface area contributed by atoms with E-state index in [4.69, 9.17) is 10.7 Å². The molecule has 1 aromatic rings. The van der Waals surface area contributed by atoms with Gasteiger partial charge in [-0.15, -0.1) is 0 Å². The highest BCUT2D eigenvalue weighted by atomic mass is 15.2. The average Bonchev–Trinajstić information content (AvgIpc) is 3.01. The first-order chi connectivity index (χ1) is 11.6. The molecule has 1 aliphatic heterocycles. The van der Waals surface area contributed by atoms with Gasteiger partial charge in [-0.25, -0.2) is 4.98 Å². The largest absolute Gasteiger partial charge is 0.368 e. The molecule has 1 saturated heterocycles. The lowest BCUT2D eigenvalue weighted by atomic mass is 9.71. The van der Waals surface area contributed by atoms with E-state index in [0.717, 1.165) is 18.8 Å². The third kappa shape index (κ3) is 2.77. The van der Waals surface area contributed by atoms with Crippen LogP contribution in [0.1, 0.15) is 63.1 Å². The van der Waals surface area contributed by atoms with E-state index in [2.05, 4.69) is 29.2 Å². The predicted octanol–water partition coefficient (Wildman–Crippen LogP) is 2.96. The minimum absolute atomic E-state index is 0.288. The molecule has 1 aromatic heterocycles. The Hall–Kier alpha value is -1.36. The van der Waals surface area contributed by atoms with Gasteiger partial charge in [-0.1, -0.05) is 19.8 Å². The molecule has 3 N–H and O–H groups in total. The number of nitrogen functional groups attached to an aromatic ring is 1. The van der Waals surface area contributed by atoms with E-state index in [1.807, 2.05) is 0 Å². The third-order valence-electron chi connectivity index (χ3n) is 6.65. The van der Waals surface area contributed by atoms with E-state index >= 15 is 0 Å². The molecule has 2 fully saturated rings. The van der Waals surface area contributed by atoms with E-state index in [1.165, 1.54) is 62.7 Å². The average molecular weight is 329 g/mol. The standard InChI is InChI=1S/C19H31N5/c1-13-7-11-24(2)12-15(13)21-17-14-6-5-10-19(8-3-4-9-19)16(14)22-18(20)23-17/h13,15H,3-12H2,1-2H3,(H3,20,21,22,23)/t13?,15-/m1/s1. The van der Waals surface area contributed by atoms with Gasteiger partial charge in [0.2, 0.25) is 5.95 Å². The summed E-state index contributed by atoms with van der Waals surface area (Å²) in [7, 11) is 2.21. The first-order valence-corrected chi connectivity index (χ1v) is 9.69. The lowest BCUT2D eigenvalue weighted by molar-refractivity contribution is 0.211. The Morgan fingerprint density at radius 3 is 2.71 bits per heavy atom. The molecule has 2 aliphatic carbocycles. The summed E-state index contributed by atoms with van der Waals surface area (Å²) >= 11 is 0. The lowest BCUT2D eigenvalue weighted by Crippen LogP contribution is -2.45. The summed E-state index contributed by atoms with van der Waals surface area (Å²) in [5.74, 6) is 2.13. The minimum Gasteiger partial charge on any atom is -0.368 e. The molecule has 0 amide bonds. The van der Waals surface area contributed by atoms with Gasteiger partial charge in [-0.2, -0.15) is 4.98 Å². The Balaban J connectivity index is 1.68. The van der Waals surface area contributed by atoms with Gasteiger partial charge < -0.3 is 16.0 Å². The monoisotopic (exact) mass is 329 g/mol. The van der Waals surface area contributed by atoms with Crippen molar-refractivity contribution in [3.63, 3.8) is 0 Å². The van der Waals surface area contributed by atoms with Gasteiger partial charge in [0, 0.05) is 23.6 Å². The van der Waals surface area contributed by atoms with Crippen LogP contribution in [0.2, 0.25) is 0 Å². The molecule has 1 unspecified atom stereocenters. The van der Waals surface area contributed by atoms with Crippen molar-refractivity contribution < 1.29 is 0 Å². The number of aromatic nitrogens is 2. The minimum atomic E-state index is 0.288. The summed E-state index contributed by atoms with van der Waals surface area (Å²) in [4.78, 5) is 11.8. The van der Waals surface area contributed by atoms with Crippen molar-refractivity contribution in [2.75, 3.05) is 31.2 Å². The fraction of sp³-hybridized carbons (Fsp3) is 0.789. The van der Waals surface area contributed by atoms with Crippen molar-refractivity contribution in [1.29, 1.82) is 0 Å². The van der Waals surface area contributed by atoms with Crippen LogP contribution in [-0.2, 0) is 11.8 Å². The molecule has 1 saturated carbocycles. The molecule has 5 heteroatoms. The van der Waals surface area contributed by atoms with Crippen LogP contribution in [0.3, 0.4) is 0 Å². The van der Waals surface area contributed by atoms with Gasteiger partial charge in [-0.05, 0) is 58.0 Å². The van der Waals surface area contributed by atoms with Crippen LogP contribution >= 0.6 is 0 Å². The number of nitrogens with one attached hydrogen (secondary N) is 1. The molecular formula is C19H31N5. The maximum Gasteiger partial charge on any atom is 0.222 e. The second-order valence-electron chi connectivity index (χ2n) is 8.38. The van der Waals surface area contributed by atoms with Gasteiger partial charge in [0.1, 0.15) is 5.82 Å². The maximum absolute atomic E-state index is 6.13. The second-order valence-corrected chi connectivity index (χ2v) is 8.38. The zero-order valence-electron chi connectivity index (χ0n) is 15.1. The molecule has 132 valence electrons. The topological polar surface area (TPSA) is 67.1 Å². The highest BCUT2D eigenvalue weighted by molar-refractivity contribution is 5.54. The van der Waals surface area contributed by atoms with E-state index in [1.54, 1.807) is 0 Å². The van der Waals surface area contributed by atoms with Crippen LogP contribution in [0.25, 0.3) is 0 Å². The molecule has 3 aliphatic rings. The molecule has 0 aromatic carbocycles. The molecule has 24 heavy (non-hydrogen) atoms. The Morgan fingerprint density at radius 1 is 1.17 bits per heavy atom. The van der Waals surface area contributed by atoms with Gasteiger partial charge in [-0.3, -0.25) is 0 Å². The Labute approximate surface area is 145 Å². The first kappa shape index (κ1) is 16.1. The Morgan fingerprint density at radius 2 is 1.92 bits per heavy atom. The summed E-state index contributed by atoms with van der Waals surface area (Å²) in [5.41, 5.74) is 9.05. The highest BCUT2D eigenvalue weighted by Crippen LogP contribution is 2.49. The van der Waals surface area contributed by atoms with Crippen LogP contribution < -0.4 is 11.1 Å². The third-order valence-corrected chi connectivity index (χ3v) is 6.65. The van der Waals surface area contributed by atoms with Crippen LogP contribution in [-0.4, -0.2) is 41.0 Å². The maximum atomic E-state index is 6.13. The molecular weight excluding hydrogens is 298 g/mol. The van der Waals surface area contributed by atoms with Crippen molar-refractivity contribution in [3.05, 3.63) is 11.3 Å². The number of fused-ring (bicyclic) bond motifs is 2. The second kappa shape index (κ2) is 6.17. The lowest BCUT2D eigenvalue weighted by Gasteiger charge is -2.38. The fourth-order valence-electron chi connectivity index (χ4n) is 5.15. The number of nitrogens with two attached hydrogens (primary N) is 1. The van der Waals surface area contributed by atoms with Crippen molar-refractivity contribution in [3.8, 4) is 0 Å². The number of nitrogens with zero attached hydrogens (tertiary/aromatic N) is 3. The van der Waals surface area contributed by atoms with Crippen molar-refractivity contribution >= 4 is 11.8 Å². The number of rotatable bonds is 2. The van der Waals surface area contributed by atoms with Crippen molar-refractivity contribution in [2.24, 2.45) is 5.92 Å². The molecule has 0 radical (unpaired) electrons. The fourth-order valence-corrected chi connectivity index (χ4v) is 5.15. The van der Waals surface area contributed by atoms with Crippen molar-refractivity contribution in [1.82, 2.24) is 14.9 Å². The Kier molecular flexibility index (Phi) is 4.15. The van der Waals surface area contributed by atoms with Gasteiger partial charge in [0.05, 0.1) is 5.69 Å². The molecule has 5 nitrogen and oxygen atoms in total. The molecule has 1 spiro atoms. The number of likely N-dealkylation sites (tertiary alicyclic amines) is 1. The normalized spacial score (nSPS) is 29.6. The quantitative estimate of drug-likeness (QED) is 0.873. The summed E-state index contributed by atoms with van der Waals surface area (Å²) in [6.07, 6.45) is 10.1. The number of hydrogen-bond donors (Lipinski definition) is 2. The zero-order chi connectivity index (χ0) is 16.7. The summed E-state index contributed by atoms with van der Waals surface area (Å²) in [6, 6.07) is 0.448. The van der Waals surface area contributed by atoms with Gasteiger partial charge in [0.25, 0.3) is 0 Å². The molecule has 0 bridgehead atoms. The van der Waals surface area contributed by atoms with E-state index < -0.39 is 0 Å². The van der Waals surface area contributed by atoms with Crippen LogP contribution in [0.5, 0.6) is 0 Å². The summed E-state index contributed by atoms with van der Waals surface area (Å²) in [6.45, 7) is 4.61. The first-order valence-electron chi connectivity index (χ1n) is 9.69. The number of piperidine rings is 1. The highest BCUT2D eigenvalue weighted by Gasteiger charge is 2.42. The molecule has 4 rings (SSSR count). The number of likely N-dealkylation sites (N-methyl/N-ethyl adjacent to an activating group) is 1. The molecule has 2 heterocycles. The molecule has 2 atom stereocenters. The van der Waals surface area contributed by atoms with Gasteiger partial charge in [0.15, 0.2) is 0 Å². The SMILES string of the molecule is CC1CCN(C)C[C@H]1Nc1nc(N)nc2c1CCCC21CCCC1. The smallest absolute Gasteiger partial charge is 0.222 e. The van der Waals surface area contributed by atoms with Crippen molar-refractivity contribution in [2.45, 2.75) is 69.7 Å². The van der Waals surface area contributed by atoms with Crippen LogP contribution in [0.15, 0.2) is 0 Å². The summed E-state index contributed by atoms with van der Waals surface area (Å²) in [5, 5.41) is 3.76. The number of anilines is 2. The summed E-state index contributed by atoms with van der Waals surface area (Å²) < 4.78 is 0. The van der Waals surface area contributed by atoms with Crippen LogP contribution in [0, 0.1) is 5.92 Å². The zero-order valence-corrected chi connectivity index (χ0v) is 15.1. The van der Waals surface area contributed by atoms with E-state index in [9.17, 15) is 0 Å². The number of hydrogen-bond acceptors (Lipinski definition) is 5. The predicted molar refractivity (Wildman–Crippen MR) is 98.2 cm³/mol. The van der Waals surface area contributed by atoms with E-state index in [0.29, 0.717) is 17.9 Å².